The van der Waals surface area contributed by atoms with Crippen molar-refractivity contribution in [1.29, 1.82) is 0 Å². The molecule has 7 heteroatoms. The number of benzene rings is 1. The number of carboxylic acid groups (broad SMARTS) is 1. The monoisotopic (exact) mass is 286 g/mol. The van der Waals surface area contributed by atoms with Crippen LogP contribution in [0, 0.1) is 0 Å². The van der Waals surface area contributed by atoms with Gasteiger partial charge in [0.25, 0.3) is 0 Å². The zero-order valence-electron chi connectivity index (χ0n) is 10.7. The quantitative estimate of drug-likeness (QED) is 0.938. The van der Waals surface area contributed by atoms with E-state index in [0.29, 0.717) is 12.8 Å². The average Bonchev–Trinajstić information content (AvgIpc) is 2.66. The molecule has 0 spiro atoms. The molecule has 0 saturated heterocycles. The number of fused-ring (bicyclic) bond motifs is 1. The SMILES string of the molecule is CCCc1nc2cccc(C(=O)O)c2n1CC(F)(F)F. The van der Waals surface area contributed by atoms with Crippen molar-refractivity contribution < 1.29 is 23.1 Å². The third-order valence-corrected chi connectivity index (χ3v) is 2.89. The molecule has 2 rings (SSSR count). The number of aromatic nitrogens is 2. The van der Waals surface area contributed by atoms with Gasteiger partial charge in [0, 0.05) is 6.42 Å². The van der Waals surface area contributed by atoms with Crippen molar-refractivity contribution >= 4 is 17.0 Å². The Kier molecular flexibility index (Phi) is 3.69. The van der Waals surface area contributed by atoms with Crippen LogP contribution >= 0.6 is 0 Å². The summed E-state index contributed by atoms with van der Waals surface area (Å²) in [6, 6.07) is 4.29. The zero-order chi connectivity index (χ0) is 14.9. The summed E-state index contributed by atoms with van der Waals surface area (Å²) in [7, 11) is 0. The average molecular weight is 286 g/mol. The fraction of sp³-hybridized carbons (Fsp3) is 0.385. The number of nitrogens with zero attached hydrogens (tertiary/aromatic N) is 2. The molecule has 20 heavy (non-hydrogen) atoms. The second-order valence-electron chi connectivity index (χ2n) is 4.46. The lowest BCUT2D eigenvalue weighted by Gasteiger charge is -2.12. The predicted molar refractivity (Wildman–Crippen MR) is 66.7 cm³/mol. The Morgan fingerprint density at radius 1 is 1.40 bits per heavy atom. The highest BCUT2D eigenvalue weighted by Gasteiger charge is 2.31. The van der Waals surface area contributed by atoms with Crippen molar-refractivity contribution in [3.63, 3.8) is 0 Å². The van der Waals surface area contributed by atoms with E-state index in [9.17, 15) is 18.0 Å². The van der Waals surface area contributed by atoms with E-state index < -0.39 is 18.7 Å². The first kappa shape index (κ1) is 14.4. The van der Waals surface area contributed by atoms with Crippen LogP contribution in [0.4, 0.5) is 13.2 Å². The molecule has 108 valence electrons. The highest BCUT2D eigenvalue weighted by Crippen LogP contribution is 2.26. The van der Waals surface area contributed by atoms with Crippen LogP contribution in [0.25, 0.3) is 11.0 Å². The fourth-order valence-corrected chi connectivity index (χ4v) is 2.17. The van der Waals surface area contributed by atoms with Crippen LogP contribution in [0.1, 0.15) is 29.5 Å². The van der Waals surface area contributed by atoms with Crippen molar-refractivity contribution in [2.24, 2.45) is 0 Å². The fourth-order valence-electron chi connectivity index (χ4n) is 2.17. The first-order chi connectivity index (χ1) is 9.33. The molecule has 4 nitrogen and oxygen atoms in total. The van der Waals surface area contributed by atoms with E-state index in [-0.39, 0.29) is 22.4 Å². The maximum atomic E-state index is 12.7. The number of alkyl halides is 3. The van der Waals surface area contributed by atoms with Crippen LogP contribution in [-0.4, -0.2) is 26.8 Å². The number of carbonyl (C=O) groups is 1. The molecule has 1 N–H and O–H groups in total. The lowest BCUT2D eigenvalue weighted by atomic mass is 10.2. The molecule has 0 bridgehead atoms. The molecular formula is C13H13F3N2O2. The normalized spacial score (nSPS) is 12.0. The lowest BCUT2D eigenvalue weighted by molar-refractivity contribution is -0.140. The molecule has 0 atom stereocenters. The molecule has 0 aliphatic carbocycles. The molecular weight excluding hydrogens is 273 g/mol. The van der Waals surface area contributed by atoms with Gasteiger partial charge in [0.1, 0.15) is 12.4 Å². The number of aromatic carboxylic acids is 1. The summed E-state index contributed by atoms with van der Waals surface area (Å²) in [5, 5.41) is 9.12. The number of hydrogen-bond donors (Lipinski definition) is 1. The van der Waals surface area contributed by atoms with E-state index in [4.69, 9.17) is 5.11 Å². The predicted octanol–water partition coefficient (Wildman–Crippen LogP) is 3.25. The number of halogens is 3. The maximum absolute atomic E-state index is 12.7. The second-order valence-corrected chi connectivity index (χ2v) is 4.46. The van der Waals surface area contributed by atoms with Crippen LogP contribution in [0.5, 0.6) is 0 Å². The first-order valence-corrected chi connectivity index (χ1v) is 6.11. The van der Waals surface area contributed by atoms with Crippen LogP contribution < -0.4 is 0 Å². The molecule has 0 aliphatic rings. The van der Waals surface area contributed by atoms with E-state index >= 15 is 0 Å². The molecule has 0 aliphatic heterocycles. The summed E-state index contributed by atoms with van der Waals surface area (Å²) in [4.78, 5) is 15.3. The van der Waals surface area contributed by atoms with E-state index in [2.05, 4.69) is 4.98 Å². The van der Waals surface area contributed by atoms with Crippen LogP contribution in [0.15, 0.2) is 18.2 Å². The third-order valence-electron chi connectivity index (χ3n) is 2.89. The van der Waals surface area contributed by atoms with Crippen LogP contribution in [-0.2, 0) is 13.0 Å². The summed E-state index contributed by atoms with van der Waals surface area (Å²) < 4.78 is 39.1. The summed E-state index contributed by atoms with van der Waals surface area (Å²) in [5.74, 6) is -1.00. The van der Waals surface area contributed by atoms with Crippen LogP contribution in [0.2, 0.25) is 0 Å². The number of rotatable bonds is 4. The van der Waals surface area contributed by atoms with Crippen molar-refractivity contribution in [2.75, 3.05) is 0 Å². The van der Waals surface area contributed by atoms with Crippen LogP contribution in [0.3, 0.4) is 0 Å². The molecule has 1 aromatic carbocycles. The highest BCUT2D eigenvalue weighted by molar-refractivity contribution is 6.01. The van der Waals surface area contributed by atoms with Crippen molar-refractivity contribution in [3.05, 3.63) is 29.6 Å². The van der Waals surface area contributed by atoms with Gasteiger partial charge in [-0.3, -0.25) is 0 Å². The summed E-state index contributed by atoms with van der Waals surface area (Å²) in [5.41, 5.74) is 0.139. The van der Waals surface area contributed by atoms with E-state index in [0.717, 1.165) is 4.57 Å². The van der Waals surface area contributed by atoms with Gasteiger partial charge >= 0.3 is 12.1 Å². The largest absolute Gasteiger partial charge is 0.478 e. The lowest BCUT2D eigenvalue weighted by Crippen LogP contribution is -2.20. The molecule has 0 amide bonds. The topological polar surface area (TPSA) is 55.1 Å². The van der Waals surface area contributed by atoms with E-state index in [1.54, 1.807) is 0 Å². The third kappa shape index (κ3) is 2.76. The standard InChI is InChI=1S/C13H13F3N2O2/c1-2-4-10-17-9-6-3-5-8(12(19)20)11(9)18(10)7-13(14,15)16/h3,5-6H,2,4,7H2,1H3,(H,19,20). The Balaban J connectivity index is 2.71. The van der Waals surface area contributed by atoms with Crippen molar-refractivity contribution in [1.82, 2.24) is 9.55 Å². The van der Waals surface area contributed by atoms with Gasteiger partial charge in [-0.05, 0) is 18.6 Å². The Bertz CT molecular complexity index is 647. The van der Waals surface area contributed by atoms with E-state index in [1.807, 2.05) is 6.92 Å². The summed E-state index contributed by atoms with van der Waals surface area (Å²) >= 11 is 0. The number of para-hydroxylation sites is 1. The Morgan fingerprint density at radius 3 is 2.65 bits per heavy atom. The minimum atomic E-state index is -4.43. The Morgan fingerprint density at radius 2 is 2.10 bits per heavy atom. The Hall–Kier alpha value is -2.05. The molecule has 1 aromatic heterocycles. The number of carboxylic acids is 1. The second kappa shape index (κ2) is 5.15. The van der Waals surface area contributed by atoms with Gasteiger partial charge in [-0.25, -0.2) is 9.78 Å². The van der Waals surface area contributed by atoms with Crippen molar-refractivity contribution in [3.8, 4) is 0 Å². The number of aryl methyl sites for hydroxylation is 1. The summed E-state index contributed by atoms with van der Waals surface area (Å²) in [6.07, 6.45) is -3.44. The minimum absolute atomic E-state index is 0.0285. The van der Waals surface area contributed by atoms with Gasteiger partial charge in [0.15, 0.2) is 0 Å². The van der Waals surface area contributed by atoms with E-state index in [1.165, 1.54) is 18.2 Å². The highest BCUT2D eigenvalue weighted by atomic mass is 19.4. The Labute approximate surface area is 112 Å². The zero-order valence-corrected chi connectivity index (χ0v) is 10.7. The molecule has 0 unspecified atom stereocenters. The van der Waals surface area contributed by atoms with Gasteiger partial charge in [0.2, 0.25) is 0 Å². The molecule has 0 radical (unpaired) electrons. The maximum Gasteiger partial charge on any atom is 0.406 e. The first-order valence-electron chi connectivity index (χ1n) is 6.11. The molecule has 2 aromatic rings. The number of imidazole rings is 1. The van der Waals surface area contributed by atoms with Gasteiger partial charge in [-0.2, -0.15) is 13.2 Å². The van der Waals surface area contributed by atoms with Gasteiger partial charge in [0.05, 0.1) is 16.6 Å². The van der Waals surface area contributed by atoms with Crippen molar-refractivity contribution in [2.45, 2.75) is 32.5 Å². The van der Waals surface area contributed by atoms with Gasteiger partial charge in [-0.15, -0.1) is 0 Å². The smallest absolute Gasteiger partial charge is 0.406 e. The summed E-state index contributed by atoms with van der Waals surface area (Å²) in [6.45, 7) is 0.596. The van der Waals surface area contributed by atoms with Gasteiger partial charge in [-0.1, -0.05) is 13.0 Å². The molecule has 0 saturated carbocycles. The molecule has 0 fully saturated rings. The molecule has 1 heterocycles. The number of hydrogen-bond acceptors (Lipinski definition) is 2. The minimum Gasteiger partial charge on any atom is -0.478 e. The van der Waals surface area contributed by atoms with Gasteiger partial charge < -0.3 is 9.67 Å².